The SMILES string of the molecule is CC(C)Cc1ccc(CC(C)C2OCC3(C)COC(C(C)Cc4ccc(CC(C)C)cc4)N23)cc1. The molecule has 2 aromatic rings. The van der Waals surface area contributed by atoms with E-state index in [1.54, 1.807) is 0 Å². The molecule has 2 aliphatic heterocycles. The highest BCUT2D eigenvalue weighted by molar-refractivity contribution is 5.24. The summed E-state index contributed by atoms with van der Waals surface area (Å²) >= 11 is 0. The minimum absolute atomic E-state index is 0.0277. The molecule has 0 amide bonds. The van der Waals surface area contributed by atoms with Gasteiger partial charge in [0, 0.05) is 11.8 Å². The lowest BCUT2D eigenvalue weighted by Crippen LogP contribution is -2.51. The van der Waals surface area contributed by atoms with Crippen LogP contribution in [-0.4, -0.2) is 36.1 Å². The van der Waals surface area contributed by atoms with Gasteiger partial charge in [-0.05, 0) is 66.7 Å². The quantitative estimate of drug-likeness (QED) is 0.371. The first-order valence-corrected chi connectivity index (χ1v) is 13.8. The number of rotatable bonds is 10. The summed E-state index contributed by atoms with van der Waals surface area (Å²) in [6.07, 6.45) is 4.53. The van der Waals surface area contributed by atoms with Crippen LogP contribution in [0.2, 0.25) is 0 Å². The van der Waals surface area contributed by atoms with Crippen molar-refractivity contribution >= 4 is 0 Å². The van der Waals surface area contributed by atoms with E-state index in [-0.39, 0.29) is 18.0 Å². The Morgan fingerprint density at radius 1 is 0.629 bits per heavy atom. The lowest BCUT2D eigenvalue weighted by Gasteiger charge is -2.37. The Bertz CT molecular complexity index is 860. The topological polar surface area (TPSA) is 21.7 Å². The summed E-state index contributed by atoms with van der Waals surface area (Å²) in [4.78, 5) is 2.57. The van der Waals surface area contributed by atoms with Gasteiger partial charge in [-0.15, -0.1) is 0 Å². The molecule has 2 saturated heterocycles. The van der Waals surface area contributed by atoms with E-state index in [1.807, 2.05) is 0 Å². The van der Waals surface area contributed by atoms with E-state index in [0.717, 1.165) is 38.9 Å². The summed E-state index contributed by atoms with van der Waals surface area (Å²) in [5.74, 6) is 2.19. The van der Waals surface area contributed by atoms with Gasteiger partial charge in [0.2, 0.25) is 0 Å². The van der Waals surface area contributed by atoms with Gasteiger partial charge in [-0.2, -0.15) is 0 Å². The third-order valence-corrected chi connectivity index (χ3v) is 7.72. The molecule has 3 nitrogen and oxygen atoms in total. The largest absolute Gasteiger partial charge is 0.361 e. The van der Waals surface area contributed by atoms with Crippen LogP contribution in [0, 0.1) is 23.7 Å². The number of fused-ring (bicyclic) bond motifs is 1. The number of benzene rings is 2. The molecule has 4 rings (SSSR count). The molecule has 0 saturated carbocycles. The average molecular weight is 478 g/mol. The van der Waals surface area contributed by atoms with Crippen molar-refractivity contribution in [3.05, 3.63) is 70.8 Å². The second-order valence-corrected chi connectivity index (χ2v) is 12.5. The molecule has 0 aliphatic carbocycles. The molecule has 35 heavy (non-hydrogen) atoms. The Morgan fingerprint density at radius 2 is 0.943 bits per heavy atom. The third-order valence-electron chi connectivity index (χ3n) is 7.72. The van der Waals surface area contributed by atoms with E-state index < -0.39 is 0 Å². The summed E-state index contributed by atoms with van der Waals surface area (Å²) in [6.45, 7) is 17.6. The van der Waals surface area contributed by atoms with Gasteiger partial charge in [-0.1, -0.05) is 90.1 Å². The molecule has 0 spiro atoms. The molecule has 0 bridgehead atoms. The third kappa shape index (κ3) is 6.37. The molecule has 0 N–H and O–H groups in total. The van der Waals surface area contributed by atoms with E-state index in [0.29, 0.717) is 23.7 Å². The predicted molar refractivity (Wildman–Crippen MR) is 145 cm³/mol. The monoisotopic (exact) mass is 477 g/mol. The number of ether oxygens (including phenoxy) is 2. The Kier molecular flexibility index (Phi) is 8.41. The molecule has 4 unspecified atom stereocenters. The second-order valence-electron chi connectivity index (χ2n) is 12.5. The summed E-state index contributed by atoms with van der Waals surface area (Å²) in [5.41, 5.74) is 5.63. The zero-order valence-electron chi connectivity index (χ0n) is 23.1. The molecule has 2 heterocycles. The highest BCUT2D eigenvalue weighted by atomic mass is 16.6. The van der Waals surface area contributed by atoms with Gasteiger partial charge in [0.1, 0.15) is 12.5 Å². The standard InChI is InChI=1S/C32H47NO2/c1-22(2)16-26-8-12-28(13-9-26)18-24(5)30-33-31(35-21-32(33,7)20-34-30)25(6)19-29-14-10-27(11-15-29)17-23(3)4/h8-15,22-25,30-31H,16-21H2,1-7H3. The van der Waals surface area contributed by atoms with Crippen molar-refractivity contribution in [2.24, 2.45) is 23.7 Å². The van der Waals surface area contributed by atoms with Crippen molar-refractivity contribution in [1.29, 1.82) is 0 Å². The van der Waals surface area contributed by atoms with E-state index in [9.17, 15) is 0 Å². The molecule has 4 atom stereocenters. The van der Waals surface area contributed by atoms with Gasteiger partial charge in [-0.3, -0.25) is 0 Å². The molecule has 2 fully saturated rings. The molecule has 3 heteroatoms. The summed E-state index contributed by atoms with van der Waals surface area (Å²) in [5, 5.41) is 0. The maximum Gasteiger partial charge on any atom is 0.116 e. The Labute approximate surface area is 214 Å². The highest BCUT2D eigenvalue weighted by Gasteiger charge is 2.55. The molecule has 0 radical (unpaired) electrons. The van der Waals surface area contributed by atoms with E-state index >= 15 is 0 Å². The van der Waals surface area contributed by atoms with E-state index in [4.69, 9.17) is 9.47 Å². The fourth-order valence-electron chi connectivity index (χ4n) is 6.03. The van der Waals surface area contributed by atoms with Crippen molar-refractivity contribution in [2.75, 3.05) is 13.2 Å². The first-order valence-electron chi connectivity index (χ1n) is 13.8. The number of hydrogen-bond donors (Lipinski definition) is 0. The van der Waals surface area contributed by atoms with Crippen LogP contribution in [0.5, 0.6) is 0 Å². The van der Waals surface area contributed by atoms with Crippen molar-refractivity contribution in [2.45, 2.75) is 92.1 Å². The van der Waals surface area contributed by atoms with Crippen molar-refractivity contribution in [3.63, 3.8) is 0 Å². The first-order chi connectivity index (χ1) is 16.6. The van der Waals surface area contributed by atoms with Gasteiger partial charge in [-0.25, -0.2) is 4.90 Å². The van der Waals surface area contributed by atoms with Crippen LogP contribution in [0.25, 0.3) is 0 Å². The molecule has 0 aromatic heterocycles. The van der Waals surface area contributed by atoms with Gasteiger partial charge in [0.25, 0.3) is 0 Å². The average Bonchev–Trinajstić information content (AvgIpc) is 3.30. The number of hydrogen-bond acceptors (Lipinski definition) is 3. The smallest absolute Gasteiger partial charge is 0.116 e. The van der Waals surface area contributed by atoms with Gasteiger partial charge in [0.15, 0.2) is 0 Å². The van der Waals surface area contributed by atoms with E-state index in [1.165, 1.54) is 22.3 Å². The predicted octanol–water partition coefficient (Wildman–Crippen LogP) is 6.91. The molecule has 2 aromatic carbocycles. The number of nitrogens with zero attached hydrogens (tertiary/aromatic N) is 1. The molecular formula is C32H47NO2. The van der Waals surface area contributed by atoms with Crippen molar-refractivity contribution in [1.82, 2.24) is 4.90 Å². The lowest BCUT2D eigenvalue weighted by molar-refractivity contribution is -0.0998. The minimum atomic E-state index is -0.0277. The lowest BCUT2D eigenvalue weighted by atomic mass is 9.92. The van der Waals surface area contributed by atoms with Crippen LogP contribution in [0.1, 0.15) is 70.7 Å². The normalized spacial score (nSPS) is 26.4. The van der Waals surface area contributed by atoms with Crippen LogP contribution in [0.15, 0.2) is 48.5 Å². The van der Waals surface area contributed by atoms with Gasteiger partial charge < -0.3 is 9.47 Å². The second kappa shape index (κ2) is 11.2. The molecule has 192 valence electrons. The fourth-order valence-corrected chi connectivity index (χ4v) is 6.03. The van der Waals surface area contributed by atoms with Gasteiger partial charge in [0.05, 0.1) is 18.8 Å². The van der Waals surface area contributed by atoms with Crippen LogP contribution in [0.3, 0.4) is 0 Å². The summed E-state index contributed by atoms with van der Waals surface area (Å²) in [7, 11) is 0. The highest BCUT2D eigenvalue weighted by Crippen LogP contribution is 2.42. The van der Waals surface area contributed by atoms with Gasteiger partial charge >= 0.3 is 0 Å². The molecular weight excluding hydrogens is 430 g/mol. The molecule has 2 aliphatic rings. The first kappa shape index (κ1) is 26.4. The zero-order chi connectivity index (χ0) is 25.2. The van der Waals surface area contributed by atoms with Crippen molar-refractivity contribution < 1.29 is 9.47 Å². The summed E-state index contributed by atoms with van der Waals surface area (Å²) in [6, 6.07) is 18.5. The van der Waals surface area contributed by atoms with Crippen molar-refractivity contribution in [3.8, 4) is 0 Å². The fraction of sp³-hybridized carbons (Fsp3) is 0.625. The Morgan fingerprint density at radius 3 is 1.26 bits per heavy atom. The summed E-state index contributed by atoms with van der Waals surface area (Å²) < 4.78 is 12.9. The zero-order valence-corrected chi connectivity index (χ0v) is 23.1. The van der Waals surface area contributed by atoms with Crippen LogP contribution in [-0.2, 0) is 35.2 Å². The van der Waals surface area contributed by atoms with Crippen LogP contribution in [0.4, 0.5) is 0 Å². The van der Waals surface area contributed by atoms with Crippen LogP contribution >= 0.6 is 0 Å². The maximum atomic E-state index is 6.46. The van der Waals surface area contributed by atoms with Crippen LogP contribution < -0.4 is 0 Å². The van der Waals surface area contributed by atoms with E-state index in [2.05, 4.69) is 102 Å². The minimum Gasteiger partial charge on any atom is -0.361 e. The Hall–Kier alpha value is -1.68. The Balaban J connectivity index is 1.41. The maximum absolute atomic E-state index is 6.46.